The summed E-state index contributed by atoms with van der Waals surface area (Å²) in [5.41, 5.74) is 7.38. The summed E-state index contributed by atoms with van der Waals surface area (Å²) in [4.78, 5) is 11.4. The van der Waals surface area contributed by atoms with Crippen LogP contribution in [-0.2, 0) is 18.3 Å². The van der Waals surface area contributed by atoms with Crippen LogP contribution < -0.4 is 16.4 Å². The summed E-state index contributed by atoms with van der Waals surface area (Å²) < 4.78 is 1.66. The van der Waals surface area contributed by atoms with Crippen LogP contribution in [0.2, 0.25) is 0 Å². The second-order valence-electron chi connectivity index (χ2n) is 3.67. The van der Waals surface area contributed by atoms with Crippen molar-refractivity contribution >= 4 is 17.4 Å². The first kappa shape index (κ1) is 12.4. The van der Waals surface area contributed by atoms with E-state index in [1.807, 2.05) is 6.92 Å². The first-order chi connectivity index (χ1) is 7.51. The van der Waals surface area contributed by atoms with E-state index in [4.69, 9.17) is 5.73 Å². The van der Waals surface area contributed by atoms with Crippen molar-refractivity contribution in [3.05, 3.63) is 5.69 Å². The molecule has 0 bridgehead atoms. The minimum absolute atomic E-state index is 0.0846. The topological polar surface area (TPSA) is 85.0 Å². The minimum atomic E-state index is -0.340. The number of hydrogen-bond acceptors (Lipinski definition) is 4. The second-order valence-corrected chi connectivity index (χ2v) is 3.67. The zero-order valence-corrected chi connectivity index (χ0v) is 10.2. The van der Waals surface area contributed by atoms with E-state index in [9.17, 15) is 4.79 Å². The monoisotopic (exact) mass is 225 g/mol. The van der Waals surface area contributed by atoms with Gasteiger partial charge in [-0.1, -0.05) is 6.92 Å². The molecule has 1 aromatic rings. The van der Waals surface area contributed by atoms with Gasteiger partial charge in [0.2, 0.25) is 5.91 Å². The number of hydrogen-bond donors (Lipinski definition) is 3. The van der Waals surface area contributed by atoms with Gasteiger partial charge in [0, 0.05) is 14.1 Å². The highest BCUT2D eigenvalue weighted by Crippen LogP contribution is 2.22. The van der Waals surface area contributed by atoms with E-state index in [-0.39, 0.29) is 11.9 Å². The van der Waals surface area contributed by atoms with Crippen molar-refractivity contribution in [2.75, 3.05) is 18.1 Å². The first-order valence-corrected chi connectivity index (χ1v) is 5.30. The number of amides is 1. The maximum absolute atomic E-state index is 11.4. The Bertz CT molecular complexity index is 385. The molecular formula is C10H19N5O. The molecule has 0 fully saturated rings. The van der Waals surface area contributed by atoms with Gasteiger partial charge in [-0.3, -0.25) is 9.48 Å². The van der Waals surface area contributed by atoms with Gasteiger partial charge < -0.3 is 16.4 Å². The maximum Gasteiger partial charge on any atom is 0.241 e. The van der Waals surface area contributed by atoms with Crippen molar-refractivity contribution in [1.29, 1.82) is 0 Å². The van der Waals surface area contributed by atoms with E-state index in [1.165, 1.54) is 0 Å². The standard InChI is InChI=1S/C10H19N5O/c1-5-7-8(11)9(15(4)14-7)13-6(2)10(16)12-3/h6,13H,5,11H2,1-4H3,(H,12,16). The van der Waals surface area contributed by atoms with E-state index < -0.39 is 0 Å². The zero-order chi connectivity index (χ0) is 12.3. The van der Waals surface area contributed by atoms with Gasteiger partial charge in [-0.2, -0.15) is 5.10 Å². The lowest BCUT2D eigenvalue weighted by Crippen LogP contribution is -2.35. The largest absolute Gasteiger partial charge is 0.394 e. The molecule has 0 radical (unpaired) electrons. The maximum atomic E-state index is 11.4. The van der Waals surface area contributed by atoms with Crippen LogP contribution in [0.3, 0.4) is 0 Å². The van der Waals surface area contributed by atoms with E-state index in [2.05, 4.69) is 15.7 Å². The number of aromatic nitrogens is 2. The van der Waals surface area contributed by atoms with Crippen molar-refractivity contribution in [1.82, 2.24) is 15.1 Å². The van der Waals surface area contributed by atoms with Gasteiger partial charge in [-0.25, -0.2) is 0 Å². The van der Waals surface area contributed by atoms with E-state index in [0.717, 1.165) is 12.1 Å². The summed E-state index contributed by atoms with van der Waals surface area (Å²) in [5, 5.41) is 9.88. The van der Waals surface area contributed by atoms with Crippen molar-refractivity contribution in [3.8, 4) is 0 Å². The molecule has 6 nitrogen and oxygen atoms in total. The number of carbonyl (C=O) groups is 1. The lowest BCUT2D eigenvalue weighted by atomic mass is 10.2. The van der Waals surface area contributed by atoms with Crippen molar-refractivity contribution in [2.45, 2.75) is 26.3 Å². The molecule has 1 rings (SSSR count). The number of nitrogens with two attached hydrogens (primary N) is 1. The van der Waals surface area contributed by atoms with E-state index >= 15 is 0 Å². The van der Waals surface area contributed by atoms with Gasteiger partial charge in [0.15, 0.2) is 0 Å². The number of likely N-dealkylation sites (N-methyl/N-ethyl adjacent to an activating group) is 1. The van der Waals surface area contributed by atoms with Crippen molar-refractivity contribution in [3.63, 3.8) is 0 Å². The van der Waals surface area contributed by atoms with Gasteiger partial charge in [0.1, 0.15) is 11.9 Å². The third kappa shape index (κ3) is 2.26. The highest BCUT2D eigenvalue weighted by molar-refractivity contribution is 5.84. The van der Waals surface area contributed by atoms with Gasteiger partial charge in [-0.15, -0.1) is 0 Å². The summed E-state index contributed by atoms with van der Waals surface area (Å²) in [7, 11) is 3.40. The molecule has 16 heavy (non-hydrogen) atoms. The Morgan fingerprint density at radius 2 is 2.25 bits per heavy atom. The van der Waals surface area contributed by atoms with Crippen molar-refractivity contribution in [2.24, 2.45) is 7.05 Å². The molecular weight excluding hydrogens is 206 g/mol. The molecule has 4 N–H and O–H groups in total. The van der Waals surface area contributed by atoms with Gasteiger partial charge in [0.05, 0.1) is 11.4 Å². The van der Waals surface area contributed by atoms with Gasteiger partial charge >= 0.3 is 0 Å². The molecule has 1 heterocycles. The summed E-state index contributed by atoms with van der Waals surface area (Å²) >= 11 is 0. The predicted octanol–water partition coefficient (Wildman–Crippen LogP) is 0.111. The number of nitrogen functional groups attached to an aromatic ring is 1. The number of anilines is 2. The molecule has 6 heteroatoms. The van der Waals surface area contributed by atoms with Gasteiger partial charge in [0.25, 0.3) is 0 Å². The van der Waals surface area contributed by atoms with E-state index in [0.29, 0.717) is 11.5 Å². The fourth-order valence-corrected chi connectivity index (χ4v) is 1.52. The summed E-state index contributed by atoms with van der Waals surface area (Å²) in [6.07, 6.45) is 0.774. The minimum Gasteiger partial charge on any atom is -0.394 e. The smallest absolute Gasteiger partial charge is 0.241 e. The van der Waals surface area contributed by atoms with Crippen molar-refractivity contribution < 1.29 is 4.79 Å². The Hall–Kier alpha value is -1.72. The molecule has 0 aliphatic heterocycles. The van der Waals surface area contributed by atoms with Crippen LogP contribution in [0.4, 0.5) is 11.5 Å². The third-order valence-electron chi connectivity index (χ3n) is 2.49. The van der Waals surface area contributed by atoms with Crippen LogP contribution in [-0.4, -0.2) is 28.8 Å². The van der Waals surface area contributed by atoms with Crippen LogP contribution in [0, 0.1) is 0 Å². The number of carbonyl (C=O) groups excluding carboxylic acids is 1. The summed E-state index contributed by atoms with van der Waals surface area (Å²) in [6.45, 7) is 3.77. The number of nitrogens with one attached hydrogen (secondary N) is 2. The van der Waals surface area contributed by atoms with E-state index in [1.54, 1.807) is 25.7 Å². The Morgan fingerprint density at radius 1 is 1.62 bits per heavy atom. The lowest BCUT2D eigenvalue weighted by molar-refractivity contribution is -0.121. The SMILES string of the molecule is CCc1nn(C)c(NC(C)C(=O)NC)c1N. The Balaban J connectivity index is 2.89. The number of rotatable bonds is 4. The quantitative estimate of drug-likeness (QED) is 0.679. The lowest BCUT2D eigenvalue weighted by Gasteiger charge is -2.14. The molecule has 1 atom stereocenters. The van der Waals surface area contributed by atoms with Crippen LogP contribution in [0.1, 0.15) is 19.5 Å². The molecule has 0 aliphatic carbocycles. The zero-order valence-electron chi connectivity index (χ0n) is 10.2. The normalized spacial score (nSPS) is 12.2. The Labute approximate surface area is 95.2 Å². The number of aryl methyl sites for hydroxylation is 2. The van der Waals surface area contributed by atoms with Crippen LogP contribution >= 0.6 is 0 Å². The third-order valence-corrected chi connectivity index (χ3v) is 2.49. The molecule has 0 saturated carbocycles. The Kier molecular flexibility index (Phi) is 3.76. The first-order valence-electron chi connectivity index (χ1n) is 5.30. The fraction of sp³-hybridized carbons (Fsp3) is 0.600. The average Bonchev–Trinajstić information content (AvgIpc) is 2.55. The van der Waals surface area contributed by atoms with Crippen LogP contribution in [0.15, 0.2) is 0 Å². The molecule has 1 amide bonds. The molecule has 1 aromatic heterocycles. The van der Waals surface area contributed by atoms with Crippen LogP contribution in [0.5, 0.6) is 0 Å². The van der Waals surface area contributed by atoms with Gasteiger partial charge in [-0.05, 0) is 13.3 Å². The number of nitrogens with zero attached hydrogens (tertiary/aromatic N) is 2. The highest BCUT2D eigenvalue weighted by Gasteiger charge is 2.17. The molecule has 1 unspecified atom stereocenters. The molecule has 0 saturated heterocycles. The van der Waals surface area contributed by atoms with Crippen LogP contribution in [0.25, 0.3) is 0 Å². The summed E-state index contributed by atoms with van der Waals surface area (Å²) in [6, 6.07) is -0.340. The highest BCUT2D eigenvalue weighted by atomic mass is 16.2. The summed E-state index contributed by atoms with van der Waals surface area (Å²) in [5.74, 6) is 0.603. The predicted molar refractivity (Wildman–Crippen MR) is 64.1 cm³/mol. The average molecular weight is 225 g/mol. The molecule has 0 aromatic carbocycles. The molecule has 0 spiro atoms. The Morgan fingerprint density at radius 3 is 2.69 bits per heavy atom. The second kappa shape index (κ2) is 4.87. The molecule has 0 aliphatic rings. The fourth-order valence-electron chi connectivity index (χ4n) is 1.52. The molecule has 90 valence electrons.